The lowest BCUT2D eigenvalue weighted by Gasteiger charge is -2.27. The molecule has 8 heteroatoms. The number of anilines is 1. The maximum absolute atomic E-state index is 13.2. The van der Waals surface area contributed by atoms with Crippen molar-refractivity contribution in [3.63, 3.8) is 0 Å². The zero-order valence-electron chi connectivity index (χ0n) is 19.9. The SMILES string of the molecule is COC(=O)c1c(C)[nH]c2c1[C@@]13C[C@@H]1CN(C(=O)/C=C/c1ccc(OC)c(N(C)C)c1)C3=CC2=O. The van der Waals surface area contributed by atoms with Crippen LogP contribution >= 0.6 is 0 Å². The third kappa shape index (κ3) is 3.01. The number of piperidine rings is 1. The molecule has 1 saturated heterocycles. The molecule has 2 atom stereocenters. The van der Waals surface area contributed by atoms with Crippen LogP contribution in [0.5, 0.6) is 5.75 Å². The summed E-state index contributed by atoms with van der Waals surface area (Å²) < 4.78 is 10.4. The lowest BCUT2D eigenvalue weighted by Crippen LogP contribution is -2.33. The van der Waals surface area contributed by atoms with Crippen LogP contribution in [0.3, 0.4) is 0 Å². The van der Waals surface area contributed by atoms with E-state index in [1.165, 1.54) is 13.2 Å². The van der Waals surface area contributed by atoms with Crippen LogP contribution < -0.4 is 9.64 Å². The smallest absolute Gasteiger partial charge is 0.340 e. The second-order valence-electron chi connectivity index (χ2n) is 9.24. The first-order chi connectivity index (χ1) is 16.2. The fourth-order valence-corrected chi connectivity index (χ4v) is 5.50. The van der Waals surface area contributed by atoms with E-state index in [1.807, 2.05) is 37.2 Å². The number of rotatable bonds is 5. The Labute approximate surface area is 197 Å². The molecular weight excluding hydrogens is 434 g/mol. The van der Waals surface area contributed by atoms with Gasteiger partial charge >= 0.3 is 5.97 Å². The maximum atomic E-state index is 13.2. The van der Waals surface area contributed by atoms with Crippen LogP contribution in [0.2, 0.25) is 0 Å². The van der Waals surface area contributed by atoms with E-state index in [0.29, 0.717) is 34.8 Å². The molecule has 1 aromatic heterocycles. The molecule has 2 heterocycles. The molecule has 5 rings (SSSR count). The minimum absolute atomic E-state index is 0.169. The number of amides is 1. The highest BCUT2D eigenvalue weighted by Crippen LogP contribution is 2.67. The number of hydrogen-bond acceptors (Lipinski definition) is 6. The second-order valence-corrected chi connectivity index (χ2v) is 9.24. The summed E-state index contributed by atoms with van der Waals surface area (Å²) in [6.07, 6.45) is 5.65. The number of H-pyrrole nitrogens is 1. The average molecular weight is 462 g/mol. The van der Waals surface area contributed by atoms with Gasteiger partial charge in [-0.25, -0.2) is 4.79 Å². The number of nitrogens with zero attached hydrogens (tertiary/aromatic N) is 2. The van der Waals surface area contributed by atoms with Gasteiger partial charge in [0.15, 0.2) is 0 Å². The topological polar surface area (TPSA) is 91.9 Å². The predicted octanol–water partition coefficient (Wildman–Crippen LogP) is 3.08. The highest BCUT2D eigenvalue weighted by atomic mass is 16.5. The summed E-state index contributed by atoms with van der Waals surface area (Å²) in [7, 11) is 6.82. The summed E-state index contributed by atoms with van der Waals surface area (Å²) in [5, 5.41) is 0. The number of likely N-dealkylation sites (tertiary alicyclic amines) is 1. The zero-order valence-corrected chi connectivity index (χ0v) is 19.9. The Bertz CT molecular complexity index is 1300. The largest absolute Gasteiger partial charge is 0.495 e. The number of methoxy groups -OCH3 is 2. The predicted molar refractivity (Wildman–Crippen MR) is 127 cm³/mol. The van der Waals surface area contributed by atoms with Crippen LogP contribution in [0.15, 0.2) is 36.0 Å². The van der Waals surface area contributed by atoms with Crippen LogP contribution in [-0.4, -0.2) is 62.4 Å². The van der Waals surface area contributed by atoms with Gasteiger partial charge in [-0.15, -0.1) is 0 Å². The Morgan fingerprint density at radius 2 is 2.03 bits per heavy atom. The van der Waals surface area contributed by atoms with Gasteiger partial charge in [-0.05, 0) is 43.0 Å². The van der Waals surface area contributed by atoms with Gasteiger partial charge in [-0.1, -0.05) is 6.07 Å². The van der Waals surface area contributed by atoms with Crippen molar-refractivity contribution in [2.45, 2.75) is 18.8 Å². The molecule has 2 aliphatic carbocycles. The van der Waals surface area contributed by atoms with Gasteiger partial charge in [0.2, 0.25) is 5.78 Å². The number of aromatic amines is 1. The highest BCUT2D eigenvalue weighted by molar-refractivity contribution is 6.11. The molecular formula is C26H27N3O5. The Kier molecular flexibility index (Phi) is 4.93. The van der Waals surface area contributed by atoms with E-state index in [9.17, 15) is 14.4 Å². The molecule has 0 radical (unpaired) electrons. The summed E-state index contributed by atoms with van der Waals surface area (Å²) in [6.45, 7) is 2.28. The third-order valence-corrected chi connectivity index (χ3v) is 7.16. The molecule has 2 aromatic rings. The number of carbonyl (C=O) groups excluding carboxylic acids is 3. The van der Waals surface area contributed by atoms with Crippen molar-refractivity contribution in [1.29, 1.82) is 0 Å². The van der Waals surface area contributed by atoms with Gasteiger partial charge in [0.25, 0.3) is 5.91 Å². The Morgan fingerprint density at radius 3 is 2.71 bits per heavy atom. The number of nitrogens with one attached hydrogen (secondary N) is 1. The number of hydrogen-bond donors (Lipinski definition) is 1. The van der Waals surface area contributed by atoms with Crippen LogP contribution in [0.4, 0.5) is 5.69 Å². The Morgan fingerprint density at radius 1 is 1.26 bits per heavy atom. The monoisotopic (exact) mass is 461 g/mol. The molecule has 3 aliphatic rings. The van der Waals surface area contributed by atoms with Crippen molar-refractivity contribution in [2.75, 3.05) is 39.8 Å². The summed E-state index contributed by atoms with van der Waals surface area (Å²) in [6, 6.07) is 5.71. The van der Waals surface area contributed by atoms with Crippen molar-refractivity contribution in [3.05, 3.63) is 64.1 Å². The fourth-order valence-electron chi connectivity index (χ4n) is 5.50. The number of allylic oxidation sites excluding steroid dienone is 2. The minimum Gasteiger partial charge on any atom is -0.495 e. The number of carbonyl (C=O) groups is 3. The molecule has 1 saturated carbocycles. The molecule has 8 nitrogen and oxygen atoms in total. The molecule has 176 valence electrons. The van der Waals surface area contributed by atoms with Gasteiger partial charge in [-0.2, -0.15) is 0 Å². The summed E-state index contributed by atoms with van der Waals surface area (Å²) in [4.78, 5) is 45.4. The van der Waals surface area contributed by atoms with E-state index in [-0.39, 0.29) is 17.6 Å². The molecule has 1 N–H and O–H groups in total. The van der Waals surface area contributed by atoms with Crippen molar-refractivity contribution in [1.82, 2.24) is 9.88 Å². The molecule has 0 unspecified atom stereocenters. The highest BCUT2D eigenvalue weighted by Gasteiger charge is 2.68. The van der Waals surface area contributed by atoms with Crippen LogP contribution in [0.1, 0.15) is 44.1 Å². The first-order valence-electron chi connectivity index (χ1n) is 11.2. The first-order valence-corrected chi connectivity index (χ1v) is 11.2. The van der Waals surface area contributed by atoms with Crippen molar-refractivity contribution < 1.29 is 23.9 Å². The Balaban J connectivity index is 1.46. The van der Waals surface area contributed by atoms with Crippen LogP contribution in [0, 0.1) is 12.8 Å². The number of ketones is 1. The molecule has 1 aliphatic heterocycles. The zero-order chi connectivity index (χ0) is 24.4. The average Bonchev–Trinajstić information content (AvgIpc) is 3.27. The number of ether oxygens (including phenoxy) is 2. The van der Waals surface area contributed by atoms with Gasteiger partial charge in [0.05, 0.1) is 31.2 Å². The molecule has 1 aromatic carbocycles. The van der Waals surface area contributed by atoms with Gasteiger partial charge < -0.3 is 24.3 Å². The number of aryl methyl sites for hydroxylation is 1. The van der Waals surface area contributed by atoms with Gasteiger partial charge in [-0.3, -0.25) is 9.59 Å². The quantitative estimate of drug-likeness (QED) is 0.544. The van der Waals surface area contributed by atoms with Crippen molar-refractivity contribution in [2.24, 2.45) is 5.92 Å². The van der Waals surface area contributed by atoms with Crippen LogP contribution in [0.25, 0.3) is 6.08 Å². The van der Waals surface area contributed by atoms with E-state index >= 15 is 0 Å². The first kappa shape index (κ1) is 22.0. The standard InChI is InChI=1S/C26H27N3O5/c1-14-22(25(32)34-5)23-24(27-14)18(30)11-20-26(23)12-16(26)13-29(20)21(31)9-7-15-6-8-19(33-4)17(10-15)28(2)3/h6-11,16,27H,12-13H2,1-5H3/b9-7+/t16-,26+/m1/s1. The van der Waals surface area contributed by atoms with Crippen LogP contribution in [-0.2, 0) is 14.9 Å². The maximum Gasteiger partial charge on any atom is 0.340 e. The number of fused-ring (bicyclic) bond motifs is 1. The summed E-state index contributed by atoms with van der Waals surface area (Å²) in [5.41, 5.74) is 4.11. The van der Waals surface area contributed by atoms with Crippen molar-refractivity contribution in [3.8, 4) is 5.75 Å². The molecule has 0 bridgehead atoms. The minimum atomic E-state index is -0.487. The van der Waals surface area contributed by atoms with E-state index in [2.05, 4.69) is 4.98 Å². The number of benzene rings is 1. The summed E-state index contributed by atoms with van der Waals surface area (Å²) >= 11 is 0. The third-order valence-electron chi connectivity index (χ3n) is 7.16. The number of aromatic nitrogens is 1. The molecule has 2 fully saturated rings. The number of esters is 1. The molecule has 34 heavy (non-hydrogen) atoms. The van der Waals surface area contributed by atoms with Gasteiger partial charge in [0, 0.05) is 55.2 Å². The summed E-state index contributed by atoms with van der Waals surface area (Å²) in [5.74, 6) is 0.0323. The molecule has 1 spiro atoms. The van der Waals surface area contributed by atoms with Crippen molar-refractivity contribution >= 4 is 29.4 Å². The lowest BCUT2D eigenvalue weighted by molar-refractivity contribution is -0.123. The fraction of sp³-hybridized carbons (Fsp3) is 0.346. The molecule has 1 amide bonds. The normalized spacial score (nSPS) is 22.1. The van der Waals surface area contributed by atoms with E-state index in [0.717, 1.165) is 23.4 Å². The lowest BCUT2D eigenvalue weighted by atomic mass is 9.82. The van der Waals surface area contributed by atoms with E-state index < -0.39 is 11.4 Å². The van der Waals surface area contributed by atoms with Gasteiger partial charge in [0.1, 0.15) is 5.75 Å². The Hall–Kier alpha value is -3.81. The second kappa shape index (κ2) is 7.62. The van der Waals surface area contributed by atoms with E-state index in [4.69, 9.17) is 9.47 Å². The van der Waals surface area contributed by atoms with E-state index in [1.54, 1.807) is 31.1 Å².